The zero-order valence-corrected chi connectivity index (χ0v) is 12.7. The Morgan fingerprint density at radius 2 is 1.89 bits per heavy atom. The van der Waals surface area contributed by atoms with Crippen molar-refractivity contribution in [3.05, 3.63) is 28.2 Å². The summed E-state index contributed by atoms with van der Waals surface area (Å²) in [5.41, 5.74) is 0.367. The van der Waals surface area contributed by atoms with Crippen LogP contribution in [0.1, 0.15) is 0 Å². The van der Waals surface area contributed by atoms with Crippen LogP contribution in [0.15, 0.2) is 18.2 Å². The van der Waals surface area contributed by atoms with Crippen molar-refractivity contribution in [2.24, 2.45) is 0 Å². The normalized spacial score (nSPS) is 11.5. The molecule has 1 aromatic rings. The molecule has 0 bridgehead atoms. The summed E-state index contributed by atoms with van der Waals surface area (Å²) in [5, 5.41) is 0.658. The summed E-state index contributed by atoms with van der Waals surface area (Å²) in [6.07, 6.45) is 0. The van der Waals surface area contributed by atoms with Gasteiger partial charge in [-0.1, -0.05) is 23.2 Å². The first-order valence-electron chi connectivity index (χ1n) is 5.47. The summed E-state index contributed by atoms with van der Waals surface area (Å²) in [6.45, 7) is 0.888. The van der Waals surface area contributed by atoms with Crippen molar-refractivity contribution in [3.63, 3.8) is 0 Å². The Hall–Kier alpha value is -0.530. The molecule has 0 heterocycles. The number of ether oxygens (including phenoxy) is 2. The summed E-state index contributed by atoms with van der Waals surface area (Å²) >= 11 is 11.5. The Morgan fingerprint density at radius 1 is 1.16 bits per heavy atom. The fourth-order valence-corrected chi connectivity index (χ4v) is 2.43. The molecule has 0 aliphatic rings. The molecule has 0 radical (unpaired) electrons. The molecule has 19 heavy (non-hydrogen) atoms. The maximum Gasteiger partial charge on any atom is 0.235 e. The molecular formula is C11H15Cl2NO4S. The summed E-state index contributed by atoms with van der Waals surface area (Å²) in [5.74, 6) is -0.142. The van der Waals surface area contributed by atoms with Gasteiger partial charge in [0.2, 0.25) is 10.0 Å². The van der Waals surface area contributed by atoms with Crippen LogP contribution in [0.4, 0.5) is 5.69 Å². The Labute approximate surface area is 122 Å². The molecule has 0 fully saturated rings. The number of methoxy groups -OCH3 is 1. The lowest BCUT2D eigenvalue weighted by Gasteiger charge is -2.09. The molecule has 0 aliphatic carbocycles. The SMILES string of the molecule is COCCOCCS(=O)(=O)Nc1ccc(Cl)c(Cl)c1. The minimum absolute atomic E-state index is 0.0972. The lowest BCUT2D eigenvalue weighted by atomic mass is 10.3. The van der Waals surface area contributed by atoms with E-state index in [0.717, 1.165) is 0 Å². The second-order valence-electron chi connectivity index (χ2n) is 3.65. The Balaban J connectivity index is 2.47. The van der Waals surface area contributed by atoms with Crippen molar-refractivity contribution >= 4 is 38.9 Å². The van der Waals surface area contributed by atoms with E-state index in [2.05, 4.69) is 4.72 Å². The van der Waals surface area contributed by atoms with E-state index in [1.807, 2.05) is 0 Å². The fraction of sp³-hybridized carbons (Fsp3) is 0.455. The topological polar surface area (TPSA) is 64.6 Å². The molecule has 0 aliphatic heterocycles. The van der Waals surface area contributed by atoms with Gasteiger partial charge in [-0.2, -0.15) is 0 Å². The number of halogens is 2. The van der Waals surface area contributed by atoms with E-state index in [0.29, 0.717) is 28.9 Å². The van der Waals surface area contributed by atoms with Crippen LogP contribution in [0, 0.1) is 0 Å². The lowest BCUT2D eigenvalue weighted by molar-refractivity contribution is 0.0785. The Kier molecular flexibility index (Phi) is 6.88. The minimum atomic E-state index is -3.47. The van der Waals surface area contributed by atoms with Crippen LogP contribution in [-0.2, 0) is 19.5 Å². The number of rotatable bonds is 8. The third-order valence-corrected chi connectivity index (χ3v) is 4.11. The molecule has 5 nitrogen and oxygen atoms in total. The second kappa shape index (κ2) is 7.91. The average Bonchev–Trinajstić information content (AvgIpc) is 2.33. The summed E-state index contributed by atoms with van der Waals surface area (Å²) in [7, 11) is -1.92. The van der Waals surface area contributed by atoms with E-state index < -0.39 is 10.0 Å². The Bertz CT molecular complexity index is 507. The van der Waals surface area contributed by atoms with Gasteiger partial charge >= 0.3 is 0 Å². The molecule has 108 valence electrons. The van der Waals surface area contributed by atoms with Gasteiger partial charge in [-0.05, 0) is 18.2 Å². The lowest BCUT2D eigenvalue weighted by Crippen LogP contribution is -2.20. The minimum Gasteiger partial charge on any atom is -0.382 e. The van der Waals surface area contributed by atoms with Crippen LogP contribution < -0.4 is 4.72 Å². The number of hydrogen-bond donors (Lipinski definition) is 1. The van der Waals surface area contributed by atoms with Crippen molar-refractivity contribution in [1.29, 1.82) is 0 Å². The van der Waals surface area contributed by atoms with Crippen LogP contribution in [0.3, 0.4) is 0 Å². The number of sulfonamides is 1. The highest BCUT2D eigenvalue weighted by molar-refractivity contribution is 7.92. The molecule has 1 rings (SSSR count). The molecular weight excluding hydrogens is 313 g/mol. The van der Waals surface area contributed by atoms with Gasteiger partial charge in [0, 0.05) is 7.11 Å². The third kappa shape index (κ3) is 6.44. The van der Waals surface area contributed by atoms with E-state index in [1.54, 1.807) is 7.11 Å². The standard InChI is InChI=1S/C11H15Cl2NO4S/c1-17-4-5-18-6-7-19(15,16)14-9-2-3-10(12)11(13)8-9/h2-3,8,14H,4-7H2,1H3. The highest BCUT2D eigenvalue weighted by atomic mass is 35.5. The predicted molar refractivity (Wildman–Crippen MR) is 76.6 cm³/mol. The summed E-state index contributed by atoms with van der Waals surface area (Å²) in [6, 6.07) is 4.52. The van der Waals surface area contributed by atoms with Crippen LogP contribution in [0.5, 0.6) is 0 Å². The second-order valence-corrected chi connectivity index (χ2v) is 6.31. The maximum absolute atomic E-state index is 11.7. The van der Waals surface area contributed by atoms with Crippen molar-refractivity contribution in [2.45, 2.75) is 0 Å². The monoisotopic (exact) mass is 327 g/mol. The van der Waals surface area contributed by atoms with Crippen molar-refractivity contribution in [1.82, 2.24) is 0 Å². The maximum atomic E-state index is 11.7. The highest BCUT2D eigenvalue weighted by Crippen LogP contribution is 2.25. The number of benzene rings is 1. The van der Waals surface area contributed by atoms with Gasteiger partial charge in [-0.25, -0.2) is 8.42 Å². The van der Waals surface area contributed by atoms with E-state index in [9.17, 15) is 8.42 Å². The van der Waals surface area contributed by atoms with Gasteiger partial charge in [-0.15, -0.1) is 0 Å². The van der Waals surface area contributed by atoms with Crippen LogP contribution in [-0.4, -0.2) is 41.1 Å². The van der Waals surface area contributed by atoms with Gasteiger partial charge in [0.05, 0.1) is 41.3 Å². The fourth-order valence-electron chi connectivity index (χ4n) is 1.20. The van der Waals surface area contributed by atoms with E-state index in [4.69, 9.17) is 32.7 Å². The Morgan fingerprint density at radius 3 is 2.53 bits per heavy atom. The largest absolute Gasteiger partial charge is 0.382 e. The zero-order chi connectivity index (χ0) is 14.3. The van der Waals surface area contributed by atoms with E-state index in [1.165, 1.54) is 18.2 Å². The average molecular weight is 328 g/mol. The first-order valence-corrected chi connectivity index (χ1v) is 7.87. The van der Waals surface area contributed by atoms with Crippen LogP contribution >= 0.6 is 23.2 Å². The van der Waals surface area contributed by atoms with Crippen molar-refractivity contribution < 1.29 is 17.9 Å². The van der Waals surface area contributed by atoms with Gasteiger partial charge in [0.1, 0.15) is 0 Å². The van der Waals surface area contributed by atoms with Gasteiger partial charge in [0.25, 0.3) is 0 Å². The number of nitrogens with one attached hydrogen (secondary N) is 1. The predicted octanol–water partition coefficient (Wildman–Crippen LogP) is 2.40. The molecule has 0 amide bonds. The van der Waals surface area contributed by atoms with Crippen LogP contribution in [0.25, 0.3) is 0 Å². The first kappa shape index (κ1) is 16.5. The quantitative estimate of drug-likeness (QED) is 0.744. The van der Waals surface area contributed by atoms with Crippen molar-refractivity contribution in [2.75, 3.05) is 37.4 Å². The molecule has 8 heteroatoms. The molecule has 0 saturated heterocycles. The smallest absolute Gasteiger partial charge is 0.235 e. The molecule has 0 aromatic heterocycles. The first-order chi connectivity index (χ1) is 8.94. The van der Waals surface area contributed by atoms with Crippen LogP contribution in [0.2, 0.25) is 10.0 Å². The third-order valence-electron chi connectivity index (χ3n) is 2.12. The zero-order valence-electron chi connectivity index (χ0n) is 10.4. The number of anilines is 1. The molecule has 0 spiro atoms. The van der Waals surface area contributed by atoms with Crippen molar-refractivity contribution in [3.8, 4) is 0 Å². The summed E-state index contributed by atoms with van der Waals surface area (Å²) in [4.78, 5) is 0. The summed E-state index contributed by atoms with van der Waals surface area (Å²) < 4.78 is 35.7. The van der Waals surface area contributed by atoms with Gasteiger partial charge in [-0.3, -0.25) is 4.72 Å². The van der Waals surface area contributed by atoms with Gasteiger partial charge < -0.3 is 9.47 Å². The number of hydrogen-bond acceptors (Lipinski definition) is 4. The molecule has 1 aromatic carbocycles. The molecule has 0 saturated carbocycles. The highest BCUT2D eigenvalue weighted by Gasteiger charge is 2.11. The van der Waals surface area contributed by atoms with Gasteiger partial charge in [0.15, 0.2) is 0 Å². The molecule has 1 N–H and O–H groups in total. The van der Waals surface area contributed by atoms with E-state index >= 15 is 0 Å². The molecule has 0 atom stereocenters. The van der Waals surface area contributed by atoms with E-state index in [-0.39, 0.29) is 12.4 Å². The molecule has 0 unspecified atom stereocenters.